The number of para-hydroxylation sites is 3. The van der Waals surface area contributed by atoms with Gasteiger partial charge >= 0.3 is 0 Å². The summed E-state index contributed by atoms with van der Waals surface area (Å²) >= 11 is 0. The third-order valence-electron chi connectivity index (χ3n) is 17.2. The Bertz CT molecular complexity index is 4500. The van der Waals surface area contributed by atoms with Gasteiger partial charge in [0.15, 0.2) is 0 Å². The van der Waals surface area contributed by atoms with Gasteiger partial charge in [-0.05, 0) is 181 Å². The second kappa shape index (κ2) is 16.0. The second-order valence-corrected chi connectivity index (χ2v) is 22.2. The summed E-state index contributed by atoms with van der Waals surface area (Å²) in [5, 5.41) is 5.09. The number of hydrogen-bond acceptors (Lipinski definition) is 0. The first-order valence-electron chi connectivity index (χ1n) is 26.5. The van der Waals surface area contributed by atoms with Crippen molar-refractivity contribution in [3.05, 3.63) is 264 Å². The predicted octanol–water partition coefficient (Wildman–Crippen LogP) is 19.5. The minimum Gasteiger partial charge on any atom is -0.309 e. The number of rotatable bonds is 6. The van der Waals surface area contributed by atoms with E-state index in [-0.39, 0.29) is 10.8 Å². The van der Waals surface area contributed by atoms with Crippen LogP contribution in [0, 0.1) is 6.92 Å². The summed E-state index contributed by atoms with van der Waals surface area (Å²) in [4.78, 5) is 0. The zero-order valence-corrected chi connectivity index (χ0v) is 42.9. The molecule has 2 aromatic heterocycles. The molecule has 2 aliphatic carbocycles. The van der Waals surface area contributed by atoms with Crippen molar-refractivity contribution in [2.45, 2.75) is 45.4 Å². The molecule has 2 nitrogen and oxygen atoms in total. The minimum absolute atomic E-state index is 0.161. The highest BCUT2D eigenvalue weighted by molar-refractivity contribution is 6.12. The fourth-order valence-electron chi connectivity index (χ4n) is 13.2. The Morgan fingerprint density at radius 1 is 0.253 bits per heavy atom. The summed E-state index contributed by atoms with van der Waals surface area (Å²) in [5.74, 6) is 0. The molecule has 0 saturated carbocycles. The lowest BCUT2D eigenvalue weighted by Gasteiger charge is -2.24. The van der Waals surface area contributed by atoms with Crippen LogP contribution in [0.2, 0.25) is 0 Å². The van der Waals surface area contributed by atoms with Crippen LogP contribution in [-0.4, -0.2) is 9.13 Å². The molecule has 75 heavy (non-hydrogen) atoms. The van der Waals surface area contributed by atoms with Gasteiger partial charge in [0.2, 0.25) is 0 Å². The molecule has 356 valence electrons. The molecule has 0 saturated heterocycles. The summed E-state index contributed by atoms with van der Waals surface area (Å²) in [7, 11) is 0. The summed E-state index contributed by atoms with van der Waals surface area (Å²) in [5.41, 5.74) is 29.0. The van der Waals surface area contributed by atoms with E-state index >= 15 is 0 Å². The maximum Gasteiger partial charge on any atom is 0.0541 e. The lowest BCUT2D eigenvalue weighted by molar-refractivity contribution is 0.660. The molecular weight excluding hydrogens is 905 g/mol. The Hall–Kier alpha value is -8.98. The standard InChI is InChI=1S/C73H54N2/c1-45-19-31-55(32-20-45)75-69-18-12-10-16-61(69)63-40-49(30-38-71(63)75)51-26-34-57-59-36-28-53(44-67(59)73(4,5)65(57)42-51)52-27-35-58-56-33-25-50(41-64(56)72(2,3)66(58)43-52)47-23-21-46(22-24-47)48-29-37-70-62(39-48)60-15-9-11-17-68(60)74(70)54-13-7-6-8-14-54/h6-44H,1-5H3. The highest BCUT2D eigenvalue weighted by Crippen LogP contribution is 2.53. The Labute approximate surface area is 438 Å². The first kappa shape index (κ1) is 43.6. The van der Waals surface area contributed by atoms with Crippen molar-refractivity contribution in [3.8, 4) is 78.1 Å². The molecular formula is C73H54N2. The molecule has 0 radical (unpaired) electrons. The van der Waals surface area contributed by atoms with Crippen LogP contribution in [0.4, 0.5) is 0 Å². The van der Waals surface area contributed by atoms with Gasteiger partial charge in [0, 0.05) is 43.7 Å². The van der Waals surface area contributed by atoms with E-state index in [9.17, 15) is 0 Å². The molecule has 0 bridgehead atoms. The van der Waals surface area contributed by atoms with E-state index in [0.717, 1.165) is 0 Å². The highest BCUT2D eigenvalue weighted by Gasteiger charge is 2.38. The largest absolute Gasteiger partial charge is 0.309 e. The van der Waals surface area contributed by atoms with Crippen LogP contribution in [0.1, 0.15) is 55.5 Å². The van der Waals surface area contributed by atoms with Crippen molar-refractivity contribution >= 4 is 43.6 Å². The van der Waals surface area contributed by atoms with Gasteiger partial charge in [0.1, 0.15) is 0 Å². The molecule has 2 heteroatoms. The Morgan fingerprint density at radius 2 is 0.560 bits per heavy atom. The van der Waals surface area contributed by atoms with Crippen molar-refractivity contribution in [2.75, 3.05) is 0 Å². The summed E-state index contributed by atoms with van der Waals surface area (Å²) < 4.78 is 4.78. The molecule has 0 atom stereocenters. The van der Waals surface area contributed by atoms with Gasteiger partial charge in [-0.15, -0.1) is 0 Å². The van der Waals surface area contributed by atoms with Crippen molar-refractivity contribution < 1.29 is 0 Å². The molecule has 0 spiro atoms. The molecule has 15 rings (SSSR count). The van der Waals surface area contributed by atoms with E-state index in [1.165, 1.54) is 150 Å². The highest BCUT2D eigenvalue weighted by atomic mass is 15.0. The molecule has 13 aromatic rings. The fourth-order valence-corrected chi connectivity index (χ4v) is 13.2. The maximum absolute atomic E-state index is 2.47. The third-order valence-corrected chi connectivity index (χ3v) is 17.2. The van der Waals surface area contributed by atoms with Gasteiger partial charge in [0.25, 0.3) is 0 Å². The average Bonchev–Trinajstić information content (AvgIpc) is 4.18. The summed E-state index contributed by atoms with van der Waals surface area (Å²) in [6, 6.07) is 88.8. The third kappa shape index (κ3) is 6.52. The average molecular weight is 959 g/mol. The monoisotopic (exact) mass is 958 g/mol. The van der Waals surface area contributed by atoms with E-state index in [2.05, 4.69) is 280 Å². The molecule has 0 amide bonds. The van der Waals surface area contributed by atoms with Crippen LogP contribution in [0.15, 0.2) is 237 Å². The van der Waals surface area contributed by atoms with E-state index in [0.29, 0.717) is 0 Å². The van der Waals surface area contributed by atoms with Crippen LogP contribution < -0.4 is 0 Å². The van der Waals surface area contributed by atoms with Crippen LogP contribution in [0.3, 0.4) is 0 Å². The van der Waals surface area contributed by atoms with Crippen molar-refractivity contribution in [1.82, 2.24) is 9.13 Å². The second-order valence-electron chi connectivity index (χ2n) is 22.2. The molecule has 0 aliphatic heterocycles. The molecule has 11 aromatic carbocycles. The molecule has 2 aliphatic rings. The van der Waals surface area contributed by atoms with E-state index in [1.807, 2.05) is 0 Å². The zero-order chi connectivity index (χ0) is 50.3. The topological polar surface area (TPSA) is 9.86 Å². The Kier molecular flexibility index (Phi) is 9.30. The van der Waals surface area contributed by atoms with E-state index < -0.39 is 0 Å². The van der Waals surface area contributed by atoms with Crippen molar-refractivity contribution in [1.29, 1.82) is 0 Å². The van der Waals surface area contributed by atoms with Gasteiger partial charge < -0.3 is 9.13 Å². The summed E-state index contributed by atoms with van der Waals surface area (Å²) in [6.45, 7) is 11.8. The van der Waals surface area contributed by atoms with Crippen LogP contribution >= 0.6 is 0 Å². The van der Waals surface area contributed by atoms with E-state index in [4.69, 9.17) is 0 Å². The van der Waals surface area contributed by atoms with Gasteiger partial charge in [0.05, 0.1) is 22.1 Å². The number of fused-ring (bicyclic) bond motifs is 12. The SMILES string of the molecule is Cc1ccc(-n2c3ccccc3c3cc(-c4ccc5c(c4)C(C)(C)c4cc(-c6ccc7c(c6)C(C)(C)c6cc(-c8ccc(-c9ccc%10c(c9)c9ccccc9n%10-c9ccccc9)cc8)ccc6-7)ccc4-5)ccc32)cc1. The molecule has 0 fully saturated rings. The quantitative estimate of drug-likeness (QED) is 0.157. The Morgan fingerprint density at radius 3 is 0.987 bits per heavy atom. The first-order chi connectivity index (χ1) is 36.6. The number of aryl methyl sites for hydroxylation is 1. The number of aromatic nitrogens is 2. The molecule has 2 heterocycles. The normalized spacial score (nSPS) is 13.9. The van der Waals surface area contributed by atoms with Crippen LogP contribution in [-0.2, 0) is 10.8 Å². The van der Waals surface area contributed by atoms with Gasteiger partial charge in [-0.2, -0.15) is 0 Å². The van der Waals surface area contributed by atoms with Gasteiger partial charge in [-0.25, -0.2) is 0 Å². The van der Waals surface area contributed by atoms with E-state index in [1.54, 1.807) is 0 Å². The lowest BCUT2D eigenvalue weighted by Crippen LogP contribution is -2.15. The minimum atomic E-state index is -0.166. The predicted molar refractivity (Wildman–Crippen MR) is 317 cm³/mol. The smallest absolute Gasteiger partial charge is 0.0541 e. The van der Waals surface area contributed by atoms with Crippen LogP contribution in [0.5, 0.6) is 0 Å². The first-order valence-corrected chi connectivity index (χ1v) is 26.5. The molecule has 0 unspecified atom stereocenters. The molecule has 0 N–H and O–H groups in total. The van der Waals surface area contributed by atoms with Gasteiger partial charge in [-0.3, -0.25) is 0 Å². The number of nitrogens with zero attached hydrogens (tertiary/aromatic N) is 2. The van der Waals surface area contributed by atoms with Crippen molar-refractivity contribution in [2.24, 2.45) is 0 Å². The van der Waals surface area contributed by atoms with Crippen LogP contribution in [0.25, 0.3) is 122 Å². The number of hydrogen-bond donors (Lipinski definition) is 0. The maximum atomic E-state index is 2.47. The Balaban J connectivity index is 0.712. The summed E-state index contributed by atoms with van der Waals surface area (Å²) in [6.07, 6.45) is 0. The van der Waals surface area contributed by atoms with Gasteiger partial charge in [-0.1, -0.05) is 185 Å². The lowest BCUT2D eigenvalue weighted by atomic mass is 9.79. The zero-order valence-electron chi connectivity index (χ0n) is 42.9. The number of benzene rings is 11. The van der Waals surface area contributed by atoms with Crippen molar-refractivity contribution in [3.63, 3.8) is 0 Å². The fraction of sp³-hybridized carbons (Fsp3) is 0.0959.